The van der Waals surface area contributed by atoms with Gasteiger partial charge in [-0.1, -0.05) is 43.7 Å². The first-order chi connectivity index (χ1) is 9.52. The third-order valence-electron chi connectivity index (χ3n) is 2.47. The van der Waals surface area contributed by atoms with Gasteiger partial charge in [-0.15, -0.1) is 0 Å². The summed E-state index contributed by atoms with van der Waals surface area (Å²) < 4.78 is 12.2. The van der Waals surface area contributed by atoms with E-state index in [1.54, 1.807) is 24.3 Å². The van der Waals surface area contributed by atoms with Gasteiger partial charge in [0.05, 0.1) is 7.95 Å². The number of carboxylic acids is 1. The molecule has 0 aromatic heterocycles. The van der Waals surface area contributed by atoms with Crippen LogP contribution in [0.15, 0.2) is 30.3 Å². The predicted octanol–water partition coefficient (Wildman–Crippen LogP) is 2.21. The Labute approximate surface area is 114 Å². The summed E-state index contributed by atoms with van der Waals surface area (Å²) >= 11 is 0. The number of aliphatic carboxylic acids is 1. The van der Waals surface area contributed by atoms with Gasteiger partial charge < -0.3 is 15.2 Å². The molecule has 1 rings (SSSR count). The molecule has 1 aromatic carbocycles. The van der Waals surface area contributed by atoms with Crippen LogP contribution in [0.1, 0.15) is 26.7 Å². The van der Waals surface area contributed by atoms with Gasteiger partial charge in [0.1, 0.15) is 6.04 Å². The Bertz CT molecular complexity index is 438. The lowest BCUT2D eigenvalue weighted by Gasteiger charge is -2.14. The first-order valence-electron chi connectivity index (χ1n) is 6.76. The summed E-state index contributed by atoms with van der Waals surface area (Å²) in [6.07, 6.45) is 0.432. The Morgan fingerprint density at radius 1 is 1.42 bits per heavy atom. The highest BCUT2D eigenvalue weighted by atomic mass is 16.5. The molecule has 0 aliphatic carbocycles. The molecule has 104 valence electrons. The number of benzene rings is 1. The molecular weight excluding hydrogens is 246 g/mol. The number of carbonyl (C=O) groups is 2. The van der Waals surface area contributed by atoms with Crippen LogP contribution in [0.3, 0.4) is 0 Å². The summed E-state index contributed by atoms with van der Waals surface area (Å²) in [5.74, 6) is -1.14. The number of amides is 1. The van der Waals surface area contributed by atoms with Crippen molar-refractivity contribution < 1.29 is 20.8 Å². The molecule has 0 saturated carbocycles. The second kappa shape index (κ2) is 8.13. The van der Waals surface area contributed by atoms with Crippen LogP contribution < -0.4 is 5.32 Å². The van der Waals surface area contributed by atoms with E-state index in [1.165, 1.54) is 0 Å². The lowest BCUT2D eigenvalue weighted by Crippen LogP contribution is -2.42. The third kappa shape index (κ3) is 5.90. The van der Waals surface area contributed by atoms with Gasteiger partial charge in [-0.25, -0.2) is 9.59 Å². The molecule has 1 aromatic rings. The molecule has 5 heteroatoms. The topological polar surface area (TPSA) is 75.6 Å². The zero-order valence-corrected chi connectivity index (χ0v) is 10.8. The van der Waals surface area contributed by atoms with Crippen LogP contribution in [0.5, 0.6) is 0 Å². The standard InChI is InChI=1S/C14H19NO4/c1-2-3-9-19-14(18)15-12(13(16)17)10-11-7-5-4-6-8-11/h4-8,12H,2-3,9-10H2,1H3,(H,15,18)(H,16,17)/t12-/m0/s1/i9D/t9?,12-. The molecule has 5 nitrogen and oxygen atoms in total. The van der Waals surface area contributed by atoms with E-state index in [2.05, 4.69) is 5.32 Å². The van der Waals surface area contributed by atoms with E-state index in [9.17, 15) is 9.59 Å². The van der Waals surface area contributed by atoms with Crippen molar-refractivity contribution in [2.24, 2.45) is 0 Å². The van der Waals surface area contributed by atoms with Gasteiger partial charge in [-0.3, -0.25) is 0 Å². The highest BCUT2D eigenvalue weighted by Gasteiger charge is 2.20. The maximum atomic E-state index is 11.5. The molecule has 0 aliphatic rings. The number of hydrogen-bond acceptors (Lipinski definition) is 3. The Morgan fingerprint density at radius 3 is 2.68 bits per heavy atom. The van der Waals surface area contributed by atoms with Crippen molar-refractivity contribution in [1.29, 1.82) is 0 Å². The van der Waals surface area contributed by atoms with E-state index in [4.69, 9.17) is 11.2 Å². The molecule has 1 amide bonds. The molecule has 1 unspecified atom stereocenters. The van der Waals surface area contributed by atoms with Crippen LogP contribution in [-0.4, -0.2) is 29.8 Å². The first kappa shape index (κ1) is 13.4. The fourth-order valence-electron chi connectivity index (χ4n) is 1.48. The highest BCUT2D eigenvalue weighted by Crippen LogP contribution is 2.04. The number of alkyl carbamates (subject to hydrolysis) is 1. The maximum Gasteiger partial charge on any atom is 0.407 e. The van der Waals surface area contributed by atoms with Crippen LogP contribution in [-0.2, 0) is 16.0 Å². The smallest absolute Gasteiger partial charge is 0.407 e. The molecule has 19 heavy (non-hydrogen) atoms. The third-order valence-corrected chi connectivity index (χ3v) is 2.47. The summed E-state index contributed by atoms with van der Waals surface area (Å²) in [6.45, 7) is 0.907. The second-order valence-electron chi connectivity index (χ2n) is 4.09. The summed E-state index contributed by atoms with van der Waals surface area (Å²) in [4.78, 5) is 22.7. The average Bonchev–Trinajstić information content (AvgIpc) is 2.39. The molecular formula is C14H19NO4. The van der Waals surface area contributed by atoms with Crippen molar-refractivity contribution in [3.05, 3.63) is 35.9 Å². The van der Waals surface area contributed by atoms with Crippen LogP contribution in [0.4, 0.5) is 4.79 Å². The monoisotopic (exact) mass is 266 g/mol. The molecule has 2 atom stereocenters. The van der Waals surface area contributed by atoms with Gasteiger partial charge in [0, 0.05) is 6.42 Å². The summed E-state index contributed by atoms with van der Waals surface area (Å²) in [7, 11) is 0. The Balaban J connectivity index is 2.55. The van der Waals surface area contributed by atoms with E-state index in [0.717, 1.165) is 5.56 Å². The highest BCUT2D eigenvalue weighted by molar-refractivity contribution is 5.80. The van der Waals surface area contributed by atoms with Gasteiger partial charge in [0.2, 0.25) is 0 Å². The zero-order valence-electron chi connectivity index (χ0n) is 11.8. The van der Waals surface area contributed by atoms with E-state index >= 15 is 0 Å². The van der Waals surface area contributed by atoms with E-state index < -0.39 is 24.7 Å². The minimum atomic E-state index is -1.14. The summed E-state index contributed by atoms with van der Waals surface area (Å²) in [5, 5.41) is 11.4. The fraction of sp³-hybridized carbons (Fsp3) is 0.429. The number of hydrogen-bond donors (Lipinski definition) is 2. The minimum Gasteiger partial charge on any atom is -0.480 e. The van der Waals surface area contributed by atoms with E-state index in [1.807, 2.05) is 13.0 Å². The van der Waals surface area contributed by atoms with Crippen molar-refractivity contribution in [1.82, 2.24) is 5.32 Å². The fourth-order valence-corrected chi connectivity index (χ4v) is 1.48. The number of carboxylic acid groups (broad SMARTS) is 1. The number of ether oxygens (including phenoxy) is 1. The van der Waals surface area contributed by atoms with Crippen LogP contribution in [0.2, 0.25) is 0 Å². The Hall–Kier alpha value is -2.04. The molecule has 0 spiro atoms. The van der Waals surface area contributed by atoms with Crippen molar-refractivity contribution in [2.75, 3.05) is 6.58 Å². The largest absolute Gasteiger partial charge is 0.480 e. The average molecular weight is 266 g/mol. The Morgan fingerprint density at radius 2 is 2.11 bits per heavy atom. The second-order valence-corrected chi connectivity index (χ2v) is 4.09. The predicted molar refractivity (Wildman–Crippen MR) is 71.0 cm³/mol. The van der Waals surface area contributed by atoms with Crippen LogP contribution >= 0.6 is 0 Å². The van der Waals surface area contributed by atoms with E-state index in [0.29, 0.717) is 12.8 Å². The molecule has 0 saturated heterocycles. The summed E-state index contributed by atoms with van der Waals surface area (Å²) in [6, 6.07) is 7.93. The first-order valence-corrected chi connectivity index (χ1v) is 6.19. The van der Waals surface area contributed by atoms with Gasteiger partial charge in [-0.05, 0) is 12.0 Å². The Kier molecular flexibility index (Phi) is 5.73. The quantitative estimate of drug-likeness (QED) is 0.793. The number of nitrogens with one attached hydrogen (secondary N) is 1. The molecule has 0 radical (unpaired) electrons. The summed E-state index contributed by atoms with van der Waals surface area (Å²) in [5.41, 5.74) is 0.802. The molecule has 0 bridgehead atoms. The molecule has 0 heterocycles. The van der Waals surface area contributed by atoms with Gasteiger partial charge in [-0.2, -0.15) is 0 Å². The van der Waals surface area contributed by atoms with Crippen molar-refractivity contribution in [3.8, 4) is 0 Å². The van der Waals surface area contributed by atoms with Crippen molar-refractivity contribution in [3.63, 3.8) is 0 Å². The maximum absolute atomic E-state index is 11.5. The van der Waals surface area contributed by atoms with E-state index in [-0.39, 0.29) is 6.42 Å². The van der Waals surface area contributed by atoms with Crippen LogP contribution in [0.25, 0.3) is 0 Å². The number of rotatable bonds is 7. The minimum absolute atomic E-state index is 0.168. The van der Waals surface area contributed by atoms with Crippen molar-refractivity contribution in [2.45, 2.75) is 32.2 Å². The van der Waals surface area contributed by atoms with Gasteiger partial charge in [0.25, 0.3) is 0 Å². The van der Waals surface area contributed by atoms with Crippen molar-refractivity contribution >= 4 is 12.1 Å². The normalized spacial score (nSPS) is 14.1. The molecule has 0 fully saturated rings. The lowest BCUT2D eigenvalue weighted by molar-refractivity contribution is -0.139. The van der Waals surface area contributed by atoms with Gasteiger partial charge in [0.15, 0.2) is 0 Å². The molecule has 2 N–H and O–H groups in total. The molecule has 0 aliphatic heterocycles. The number of carbonyl (C=O) groups excluding carboxylic acids is 1. The van der Waals surface area contributed by atoms with Crippen LogP contribution in [0, 0.1) is 0 Å². The zero-order chi connectivity index (χ0) is 15.0. The SMILES string of the molecule is [2H]C(CCC)OC(=O)N[C@@H](Cc1ccccc1)C(=O)O. The lowest BCUT2D eigenvalue weighted by atomic mass is 10.1. The van der Waals surface area contributed by atoms with Gasteiger partial charge >= 0.3 is 12.1 Å².